The van der Waals surface area contributed by atoms with Crippen LogP contribution in [0.4, 0.5) is 8.78 Å². The molecule has 0 nitrogen and oxygen atoms in total. The van der Waals surface area contributed by atoms with Crippen LogP contribution in [0.2, 0.25) is 0 Å². The normalized spacial score (nSPS) is 23.6. The van der Waals surface area contributed by atoms with Crippen molar-refractivity contribution in [2.24, 2.45) is 5.41 Å². The minimum atomic E-state index is -0.733. The van der Waals surface area contributed by atoms with Crippen LogP contribution in [-0.2, 0) is 6.42 Å². The predicted octanol–water partition coefficient (Wildman–Crippen LogP) is 7.27. The van der Waals surface area contributed by atoms with Gasteiger partial charge in [0.15, 0.2) is 11.6 Å². The Morgan fingerprint density at radius 3 is 2.12 bits per heavy atom. The van der Waals surface area contributed by atoms with Crippen LogP contribution in [0, 0.1) is 17.0 Å². The zero-order valence-electron chi connectivity index (χ0n) is 15.5. The Hall–Kier alpha value is -1.70. The third kappa shape index (κ3) is 3.63. The molecule has 1 saturated carbocycles. The van der Waals surface area contributed by atoms with E-state index in [0.717, 1.165) is 5.56 Å². The highest BCUT2D eigenvalue weighted by molar-refractivity contribution is 5.65. The molecule has 1 aliphatic carbocycles. The second kappa shape index (κ2) is 7.27. The second-order valence-corrected chi connectivity index (χ2v) is 7.81. The van der Waals surface area contributed by atoms with E-state index in [0.29, 0.717) is 28.9 Å². The maximum atomic E-state index is 14.3. The van der Waals surface area contributed by atoms with Crippen LogP contribution in [0.1, 0.15) is 69.9 Å². The fourth-order valence-corrected chi connectivity index (χ4v) is 4.02. The van der Waals surface area contributed by atoms with Gasteiger partial charge in [0.1, 0.15) is 0 Å². The molecule has 2 heteroatoms. The fourth-order valence-electron chi connectivity index (χ4n) is 4.02. The zero-order valence-corrected chi connectivity index (χ0v) is 15.5. The van der Waals surface area contributed by atoms with Crippen molar-refractivity contribution in [3.63, 3.8) is 0 Å². The van der Waals surface area contributed by atoms with Gasteiger partial charge >= 0.3 is 0 Å². The summed E-state index contributed by atoms with van der Waals surface area (Å²) in [4.78, 5) is 0. The Morgan fingerprint density at radius 2 is 1.56 bits per heavy atom. The van der Waals surface area contributed by atoms with Crippen LogP contribution in [0.3, 0.4) is 0 Å². The van der Waals surface area contributed by atoms with Gasteiger partial charge in [-0.2, -0.15) is 0 Å². The lowest BCUT2D eigenvalue weighted by atomic mass is 9.69. The summed E-state index contributed by atoms with van der Waals surface area (Å²) in [6, 6.07) is 11.5. The first-order chi connectivity index (χ1) is 12.0. The van der Waals surface area contributed by atoms with Crippen LogP contribution < -0.4 is 0 Å². The minimum Gasteiger partial charge on any atom is -0.203 e. The summed E-state index contributed by atoms with van der Waals surface area (Å²) in [6.45, 7) is 6.51. The Bertz CT molecular complexity index is 723. The summed E-state index contributed by atoms with van der Waals surface area (Å²) in [6.07, 6.45) is 6.73. The largest absolute Gasteiger partial charge is 0.203 e. The van der Waals surface area contributed by atoms with Crippen LogP contribution >= 0.6 is 0 Å². The molecule has 2 aromatic rings. The minimum absolute atomic E-state index is 0.350. The highest BCUT2D eigenvalue weighted by atomic mass is 19.2. The van der Waals surface area contributed by atoms with Gasteiger partial charge in [0.25, 0.3) is 0 Å². The molecule has 0 amide bonds. The van der Waals surface area contributed by atoms with Crippen LogP contribution in [-0.4, -0.2) is 0 Å². The molecule has 0 spiro atoms. The van der Waals surface area contributed by atoms with Gasteiger partial charge in [-0.1, -0.05) is 63.6 Å². The van der Waals surface area contributed by atoms with Gasteiger partial charge in [-0.3, -0.25) is 0 Å². The van der Waals surface area contributed by atoms with Crippen molar-refractivity contribution < 1.29 is 8.78 Å². The molecule has 0 saturated heterocycles. The Kier molecular flexibility index (Phi) is 5.27. The second-order valence-electron chi connectivity index (χ2n) is 7.81. The molecule has 0 bridgehead atoms. The highest BCUT2D eigenvalue weighted by Crippen LogP contribution is 2.44. The first-order valence-electron chi connectivity index (χ1n) is 9.54. The molecule has 0 unspecified atom stereocenters. The topological polar surface area (TPSA) is 0 Å². The summed E-state index contributed by atoms with van der Waals surface area (Å²) in [5.41, 5.74) is 3.35. The smallest absolute Gasteiger partial charge is 0.166 e. The molecule has 0 heterocycles. The highest BCUT2D eigenvalue weighted by Gasteiger charge is 2.30. The molecule has 3 rings (SSSR count). The van der Waals surface area contributed by atoms with E-state index in [1.165, 1.54) is 37.7 Å². The lowest BCUT2D eigenvalue weighted by molar-refractivity contribution is 0.191. The number of rotatable bonds is 4. The van der Waals surface area contributed by atoms with E-state index in [1.54, 1.807) is 12.1 Å². The van der Waals surface area contributed by atoms with Crippen LogP contribution in [0.5, 0.6) is 0 Å². The molecule has 0 radical (unpaired) electrons. The Balaban J connectivity index is 1.79. The van der Waals surface area contributed by atoms with Gasteiger partial charge < -0.3 is 0 Å². The van der Waals surface area contributed by atoms with Gasteiger partial charge in [0.05, 0.1) is 0 Å². The summed E-state index contributed by atoms with van der Waals surface area (Å²) in [7, 11) is 0. The van der Waals surface area contributed by atoms with E-state index in [4.69, 9.17) is 0 Å². The van der Waals surface area contributed by atoms with Gasteiger partial charge in [0, 0.05) is 5.56 Å². The first-order valence-corrected chi connectivity index (χ1v) is 9.54. The van der Waals surface area contributed by atoms with Gasteiger partial charge in [-0.05, 0) is 60.1 Å². The van der Waals surface area contributed by atoms with E-state index < -0.39 is 11.6 Å². The molecule has 134 valence electrons. The van der Waals surface area contributed by atoms with E-state index >= 15 is 0 Å². The Labute approximate surface area is 150 Å². The molecular weight excluding hydrogens is 314 g/mol. The quantitative estimate of drug-likeness (QED) is 0.548. The molecule has 0 aliphatic heterocycles. The molecule has 0 atom stereocenters. The first kappa shape index (κ1) is 18.1. The van der Waals surface area contributed by atoms with E-state index in [9.17, 15) is 8.78 Å². The van der Waals surface area contributed by atoms with Crippen molar-refractivity contribution in [3.8, 4) is 11.1 Å². The molecule has 0 N–H and O–H groups in total. The Morgan fingerprint density at radius 1 is 0.920 bits per heavy atom. The average Bonchev–Trinajstić information content (AvgIpc) is 2.65. The van der Waals surface area contributed by atoms with Gasteiger partial charge in [0.2, 0.25) is 0 Å². The number of benzene rings is 2. The standard InChI is InChI=1S/C23H28F2/c1-4-16-10-11-20(22(25)21(16)24)19-8-6-17(7-9-19)18-12-14-23(3,5-2)15-13-18/h6-11,18H,4-5,12-15H2,1-3H3. The average molecular weight is 342 g/mol. The van der Waals surface area contributed by atoms with Crippen molar-refractivity contribution in [2.45, 2.75) is 65.2 Å². The van der Waals surface area contributed by atoms with Crippen molar-refractivity contribution in [1.29, 1.82) is 0 Å². The monoisotopic (exact) mass is 342 g/mol. The predicted molar refractivity (Wildman–Crippen MR) is 101 cm³/mol. The molecule has 1 aliphatic rings. The van der Waals surface area contributed by atoms with E-state index in [2.05, 4.69) is 26.0 Å². The summed E-state index contributed by atoms with van der Waals surface area (Å²) >= 11 is 0. The number of aryl methyl sites for hydroxylation is 1. The molecule has 1 fully saturated rings. The third-order valence-corrected chi connectivity index (χ3v) is 6.28. The van der Waals surface area contributed by atoms with Gasteiger partial charge in [-0.25, -0.2) is 8.78 Å². The van der Waals surface area contributed by atoms with Crippen molar-refractivity contribution >= 4 is 0 Å². The van der Waals surface area contributed by atoms with Crippen LogP contribution in [0.25, 0.3) is 11.1 Å². The van der Waals surface area contributed by atoms with E-state index in [-0.39, 0.29) is 0 Å². The molecular formula is C23H28F2. The maximum Gasteiger partial charge on any atom is 0.166 e. The van der Waals surface area contributed by atoms with Crippen molar-refractivity contribution in [1.82, 2.24) is 0 Å². The number of hydrogen-bond donors (Lipinski definition) is 0. The SMILES string of the molecule is CCc1ccc(-c2ccc(C3CCC(C)(CC)CC3)cc2)c(F)c1F. The van der Waals surface area contributed by atoms with Gasteiger partial charge in [-0.15, -0.1) is 0 Å². The van der Waals surface area contributed by atoms with Crippen molar-refractivity contribution in [2.75, 3.05) is 0 Å². The zero-order chi connectivity index (χ0) is 18.0. The summed E-state index contributed by atoms with van der Waals surface area (Å²) in [5, 5.41) is 0. The van der Waals surface area contributed by atoms with E-state index in [1.807, 2.05) is 19.1 Å². The van der Waals surface area contributed by atoms with Crippen molar-refractivity contribution in [3.05, 3.63) is 59.2 Å². The maximum absolute atomic E-state index is 14.3. The molecule has 2 aromatic carbocycles. The molecule has 25 heavy (non-hydrogen) atoms. The number of hydrogen-bond acceptors (Lipinski definition) is 0. The lowest BCUT2D eigenvalue weighted by Gasteiger charge is -2.37. The molecule has 0 aromatic heterocycles. The summed E-state index contributed by atoms with van der Waals surface area (Å²) in [5.74, 6) is -0.851. The fraction of sp³-hybridized carbons (Fsp3) is 0.478. The summed E-state index contributed by atoms with van der Waals surface area (Å²) < 4.78 is 28.4. The third-order valence-electron chi connectivity index (χ3n) is 6.28. The van der Waals surface area contributed by atoms with Crippen LogP contribution in [0.15, 0.2) is 36.4 Å². The number of halogens is 2. The lowest BCUT2D eigenvalue weighted by Crippen LogP contribution is -2.22.